The molecule has 3 N–H and O–H groups in total. The summed E-state index contributed by atoms with van der Waals surface area (Å²) in [6.45, 7) is 5.59. The number of aliphatic hydroxyl groups excluding tert-OH is 2. The van der Waals surface area contributed by atoms with E-state index in [1.54, 1.807) is 6.08 Å². The molecule has 6 unspecified atom stereocenters. The highest BCUT2D eigenvalue weighted by Crippen LogP contribution is 2.26. The van der Waals surface area contributed by atoms with Gasteiger partial charge in [0, 0.05) is 12.8 Å². The molecule has 400 valence electrons. The van der Waals surface area contributed by atoms with Crippen LogP contribution >= 0.6 is 0 Å². The molecule has 0 spiro atoms. The van der Waals surface area contributed by atoms with Crippen LogP contribution in [0.2, 0.25) is 0 Å². The highest BCUT2D eigenvalue weighted by atomic mass is 16.7. The first-order valence-electron chi connectivity index (χ1n) is 26.9. The lowest BCUT2D eigenvalue weighted by Gasteiger charge is -2.40. The Hall–Kier alpha value is -4.62. The minimum absolute atomic E-state index is 0.0270. The lowest BCUT2D eigenvalue weighted by atomic mass is 9.98. The van der Waals surface area contributed by atoms with Gasteiger partial charge in [-0.05, 0) is 103 Å². The van der Waals surface area contributed by atoms with Crippen LogP contribution in [0, 0.1) is 0 Å². The van der Waals surface area contributed by atoms with Gasteiger partial charge >= 0.3 is 23.9 Å². The molecule has 0 radical (unpaired) electrons. The number of aliphatic carboxylic acids is 1. The fourth-order valence-corrected chi connectivity index (χ4v) is 7.27. The molecule has 1 aliphatic heterocycles. The number of carbonyl (C=O) groups is 4. The van der Waals surface area contributed by atoms with Gasteiger partial charge in [0.15, 0.2) is 24.6 Å². The summed E-state index contributed by atoms with van der Waals surface area (Å²) in [5, 5.41) is 31.4. The molecule has 0 amide bonds. The number of carbonyl (C=O) groups excluding carboxylic acids is 3. The van der Waals surface area contributed by atoms with E-state index in [0.717, 1.165) is 103 Å². The Bertz CT molecular complexity index is 1650. The Morgan fingerprint density at radius 3 is 1.45 bits per heavy atom. The molecular weight excluding hydrogens is 901 g/mol. The Labute approximate surface area is 427 Å². The van der Waals surface area contributed by atoms with Gasteiger partial charge < -0.3 is 39.0 Å². The SMILES string of the molecule is CC/C=C\C/C=C\C/C=C\C/C=C\C/C=C\CC(=O)OCC(COC1OC(C(=O)O)C(O)C(O)C1OC(=O)CCCCCCC/C=C\CCCCCC)OC(=O)CCCCC/C=C\C/C=C\C/C=C\CC. The van der Waals surface area contributed by atoms with E-state index in [0.29, 0.717) is 19.3 Å². The van der Waals surface area contributed by atoms with E-state index in [9.17, 15) is 34.5 Å². The monoisotopic (exact) mass is 993 g/mol. The highest BCUT2D eigenvalue weighted by Gasteiger charge is 2.50. The van der Waals surface area contributed by atoms with Crippen LogP contribution in [0.1, 0.15) is 188 Å². The molecule has 0 aliphatic carbocycles. The third-order valence-corrected chi connectivity index (χ3v) is 11.3. The van der Waals surface area contributed by atoms with Crippen molar-refractivity contribution in [3.63, 3.8) is 0 Å². The average molecular weight is 993 g/mol. The van der Waals surface area contributed by atoms with Gasteiger partial charge in [-0.25, -0.2) is 4.79 Å². The standard InChI is InChI=1S/C59H92O12/c1-4-7-10-13-16-19-22-25-26-29-30-33-36-39-42-45-51(60)67-48-50(69-52(61)46-43-40-37-34-31-27-23-20-17-14-11-8-5-2)49-68-59-57(55(64)54(63)56(71-59)58(65)66)70-53(62)47-44-41-38-35-32-28-24-21-18-15-12-9-6-3/h7-8,10-11,16-17,19-21,24-27,30-31,33,39,42,50,54-57,59,63-64H,4-6,9,12-15,18,22-23,28-29,32,34-38,40-41,43-49H2,1-3H3,(H,65,66)/b10-7-,11-8-,19-16-,20-17-,24-21-,26-25-,31-27-,33-30-,42-39-. The largest absolute Gasteiger partial charge is 0.479 e. The Morgan fingerprint density at radius 2 is 0.930 bits per heavy atom. The zero-order valence-electron chi connectivity index (χ0n) is 43.7. The maximum Gasteiger partial charge on any atom is 0.335 e. The van der Waals surface area contributed by atoms with Gasteiger partial charge in [-0.15, -0.1) is 0 Å². The number of unbranched alkanes of at least 4 members (excludes halogenated alkanes) is 12. The van der Waals surface area contributed by atoms with Crippen molar-refractivity contribution in [3.05, 3.63) is 109 Å². The summed E-state index contributed by atoms with van der Waals surface area (Å²) < 4.78 is 28.1. The summed E-state index contributed by atoms with van der Waals surface area (Å²) in [7, 11) is 0. The van der Waals surface area contributed by atoms with E-state index in [-0.39, 0.29) is 25.9 Å². The van der Waals surface area contributed by atoms with Gasteiger partial charge in [-0.1, -0.05) is 175 Å². The van der Waals surface area contributed by atoms with E-state index in [1.807, 2.05) is 12.2 Å². The molecule has 12 nitrogen and oxygen atoms in total. The van der Waals surface area contributed by atoms with Crippen molar-refractivity contribution in [1.82, 2.24) is 0 Å². The van der Waals surface area contributed by atoms with Gasteiger partial charge in [0.25, 0.3) is 0 Å². The molecule has 0 aromatic carbocycles. The minimum Gasteiger partial charge on any atom is -0.479 e. The molecule has 1 heterocycles. The van der Waals surface area contributed by atoms with Crippen molar-refractivity contribution in [2.75, 3.05) is 13.2 Å². The first kappa shape index (κ1) is 64.4. The number of allylic oxidation sites excluding steroid dienone is 17. The van der Waals surface area contributed by atoms with Gasteiger partial charge in [0.05, 0.1) is 13.0 Å². The molecule has 0 aromatic heterocycles. The van der Waals surface area contributed by atoms with Gasteiger partial charge in [0.1, 0.15) is 18.8 Å². The summed E-state index contributed by atoms with van der Waals surface area (Å²) in [4.78, 5) is 50.8. The smallest absolute Gasteiger partial charge is 0.335 e. The van der Waals surface area contributed by atoms with E-state index in [1.165, 1.54) is 25.7 Å². The summed E-state index contributed by atoms with van der Waals surface area (Å²) in [5.41, 5.74) is 0. The van der Waals surface area contributed by atoms with Crippen LogP contribution in [0.4, 0.5) is 0 Å². The predicted octanol–water partition coefficient (Wildman–Crippen LogP) is 13.1. The van der Waals surface area contributed by atoms with Crippen LogP contribution in [-0.2, 0) is 42.9 Å². The van der Waals surface area contributed by atoms with Crippen molar-refractivity contribution in [2.24, 2.45) is 0 Å². The molecule has 1 aliphatic rings. The Kier molecular flexibility index (Phi) is 42.1. The van der Waals surface area contributed by atoms with Crippen molar-refractivity contribution in [3.8, 4) is 0 Å². The highest BCUT2D eigenvalue weighted by molar-refractivity contribution is 5.74. The third kappa shape index (κ3) is 36.9. The number of carboxylic acid groups (broad SMARTS) is 1. The summed E-state index contributed by atoms with van der Waals surface area (Å²) in [6.07, 6.45) is 49.6. The van der Waals surface area contributed by atoms with Crippen LogP contribution in [0.25, 0.3) is 0 Å². The molecule has 1 saturated heterocycles. The lowest BCUT2D eigenvalue weighted by molar-refractivity contribution is -0.301. The molecular formula is C59H92O12. The Balaban J connectivity index is 2.81. The van der Waals surface area contributed by atoms with E-state index >= 15 is 0 Å². The molecule has 12 heteroatoms. The number of esters is 3. The molecule has 1 fully saturated rings. The number of ether oxygens (including phenoxy) is 5. The number of aliphatic hydroxyl groups is 2. The van der Waals surface area contributed by atoms with Gasteiger partial charge in [0.2, 0.25) is 0 Å². The van der Waals surface area contributed by atoms with E-state index in [2.05, 4.69) is 112 Å². The second-order valence-corrected chi connectivity index (χ2v) is 17.8. The third-order valence-electron chi connectivity index (χ3n) is 11.3. The van der Waals surface area contributed by atoms with E-state index < -0.39 is 67.3 Å². The van der Waals surface area contributed by atoms with Gasteiger partial charge in [-0.3, -0.25) is 14.4 Å². The van der Waals surface area contributed by atoms with Crippen molar-refractivity contribution in [2.45, 2.75) is 225 Å². The molecule has 6 atom stereocenters. The average Bonchev–Trinajstić information content (AvgIpc) is 3.35. The molecule has 0 aromatic rings. The van der Waals surface area contributed by atoms with Crippen LogP contribution in [0.15, 0.2) is 109 Å². The zero-order chi connectivity index (χ0) is 51.8. The normalized spacial score (nSPS) is 19.4. The first-order chi connectivity index (χ1) is 34.6. The second-order valence-electron chi connectivity index (χ2n) is 17.8. The number of hydrogen-bond donors (Lipinski definition) is 3. The van der Waals surface area contributed by atoms with Crippen molar-refractivity contribution < 1.29 is 58.2 Å². The zero-order valence-corrected chi connectivity index (χ0v) is 43.7. The summed E-state index contributed by atoms with van der Waals surface area (Å²) >= 11 is 0. The predicted molar refractivity (Wildman–Crippen MR) is 284 cm³/mol. The van der Waals surface area contributed by atoms with Crippen LogP contribution < -0.4 is 0 Å². The first-order valence-corrected chi connectivity index (χ1v) is 26.9. The van der Waals surface area contributed by atoms with Crippen LogP contribution in [-0.4, -0.2) is 89.2 Å². The fraction of sp³-hybridized carbons (Fsp3) is 0.627. The fourth-order valence-electron chi connectivity index (χ4n) is 7.27. The maximum absolute atomic E-state index is 13.1. The van der Waals surface area contributed by atoms with E-state index in [4.69, 9.17) is 23.7 Å². The number of rotatable bonds is 43. The van der Waals surface area contributed by atoms with Crippen LogP contribution in [0.5, 0.6) is 0 Å². The van der Waals surface area contributed by atoms with Crippen molar-refractivity contribution >= 4 is 23.9 Å². The topological polar surface area (TPSA) is 175 Å². The van der Waals surface area contributed by atoms with Crippen molar-refractivity contribution in [1.29, 1.82) is 0 Å². The molecule has 0 saturated carbocycles. The molecule has 1 rings (SSSR count). The number of carboxylic acids is 1. The Morgan fingerprint density at radius 1 is 0.493 bits per heavy atom. The number of hydrogen-bond acceptors (Lipinski definition) is 11. The molecule has 0 bridgehead atoms. The lowest BCUT2D eigenvalue weighted by Crippen LogP contribution is -2.61. The summed E-state index contributed by atoms with van der Waals surface area (Å²) in [5.74, 6) is -3.36. The minimum atomic E-state index is -1.92. The quantitative estimate of drug-likeness (QED) is 0.0229. The van der Waals surface area contributed by atoms with Gasteiger partial charge in [-0.2, -0.15) is 0 Å². The second kappa shape index (κ2) is 46.5. The van der Waals surface area contributed by atoms with Crippen LogP contribution in [0.3, 0.4) is 0 Å². The molecule has 71 heavy (non-hydrogen) atoms. The summed E-state index contributed by atoms with van der Waals surface area (Å²) in [6, 6.07) is 0. The maximum atomic E-state index is 13.1.